The summed E-state index contributed by atoms with van der Waals surface area (Å²) in [6.45, 7) is 9.39. The van der Waals surface area contributed by atoms with Crippen LogP contribution in [-0.4, -0.2) is 26.8 Å². The first-order valence-electron chi connectivity index (χ1n) is 6.91. The number of hydrogen-bond acceptors (Lipinski definition) is 3. The molecule has 0 aliphatic heterocycles. The summed E-state index contributed by atoms with van der Waals surface area (Å²) in [4.78, 5) is 0. The Bertz CT molecular complexity index is 392. The Morgan fingerprint density at radius 3 is 2.42 bits per heavy atom. The number of methoxy groups -OCH3 is 1. The molecule has 0 saturated carbocycles. The zero-order chi connectivity index (χ0) is 14.5. The SMILES string of the molecule is CCC(COc1ccc(OC)cc1C(C)(C)C)NC. The van der Waals surface area contributed by atoms with E-state index >= 15 is 0 Å². The lowest BCUT2D eigenvalue weighted by Gasteiger charge is -2.24. The van der Waals surface area contributed by atoms with E-state index in [1.807, 2.05) is 19.2 Å². The summed E-state index contributed by atoms with van der Waals surface area (Å²) in [6, 6.07) is 6.40. The van der Waals surface area contributed by atoms with Gasteiger partial charge >= 0.3 is 0 Å². The molecule has 0 bridgehead atoms. The zero-order valence-electron chi connectivity index (χ0n) is 13.0. The maximum atomic E-state index is 5.99. The van der Waals surface area contributed by atoms with E-state index in [0.29, 0.717) is 12.6 Å². The second kappa shape index (κ2) is 6.80. The summed E-state index contributed by atoms with van der Waals surface area (Å²) in [5, 5.41) is 3.25. The smallest absolute Gasteiger partial charge is 0.123 e. The van der Waals surface area contributed by atoms with Crippen LogP contribution in [0.15, 0.2) is 18.2 Å². The van der Waals surface area contributed by atoms with Crippen molar-refractivity contribution in [3.8, 4) is 11.5 Å². The van der Waals surface area contributed by atoms with E-state index in [1.165, 1.54) is 5.56 Å². The Balaban J connectivity index is 2.93. The van der Waals surface area contributed by atoms with E-state index in [2.05, 4.69) is 39.1 Å². The van der Waals surface area contributed by atoms with Gasteiger partial charge in [-0.25, -0.2) is 0 Å². The second-order valence-electron chi connectivity index (χ2n) is 5.82. The molecule has 0 radical (unpaired) electrons. The van der Waals surface area contributed by atoms with Gasteiger partial charge in [-0.1, -0.05) is 27.7 Å². The maximum absolute atomic E-state index is 5.99. The molecule has 0 aliphatic carbocycles. The standard InChI is InChI=1S/C16H27NO2/c1-7-12(17-5)11-19-15-9-8-13(18-6)10-14(15)16(2,3)4/h8-10,12,17H,7,11H2,1-6H3. The molecule has 108 valence electrons. The molecule has 1 rings (SSSR count). The quantitative estimate of drug-likeness (QED) is 0.855. The van der Waals surface area contributed by atoms with Crippen molar-refractivity contribution in [2.75, 3.05) is 20.8 Å². The molecule has 1 atom stereocenters. The summed E-state index contributed by atoms with van der Waals surface area (Å²) >= 11 is 0. The van der Waals surface area contributed by atoms with Crippen molar-refractivity contribution in [1.82, 2.24) is 5.32 Å². The zero-order valence-corrected chi connectivity index (χ0v) is 13.0. The Morgan fingerprint density at radius 2 is 1.95 bits per heavy atom. The highest BCUT2D eigenvalue weighted by Gasteiger charge is 2.20. The van der Waals surface area contributed by atoms with E-state index in [9.17, 15) is 0 Å². The first-order valence-corrected chi connectivity index (χ1v) is 6.91. The molecule has 0 fully saturated rings. The van der Waals surface area contributed by atoms with Gasteiger partial charge in [0.25, 0.3) is 0 Å². The van der Waals surface area contributed by atoms with E-state index in [0.717, 1.165) is 17.9 Å². The molecule has 0 aliphatic rings. The van der Waals surface area contributed by atoms with Gasteiger partial charge in [-0.05, 0) is 37.1 Å². The molecule has 0 saturated heterocycles. The van der Waals surface area contributed by atoms with Crippen LogP contribution >= 0.6 is 0 Å². The number of likely N-dealkylation sites (N-methyl/N-ethyl adjacent to an activating group) is 1. The molecule has 0 amide bonds. The van der Waals surface area contributed by atoms with Crippen LogP contribution in [0, 0.1) is 0 Å². The Labute approximate surface area is 117 Å². The number of rotatable bonds is 6. The van der Waals surface area contributed by atoms with E-state index in [1.54, 1.807) is 7.11 Å². The molecule has 1 N–H and O–H groups in total. The highest BCUT2D eigenvalue weighted by Crippen LogP contribution is 2.34. The van der Waals surface area contributed by atoms with E-state index in [-0.39, 0.29) is 5.41 Å². The number of ether oxygens (including phenoxy) is 2. The summed E-state index contributed by atoms with van der Waals surface area (Å²) in [5.41, 5.74) is 1.21. The fourth-order valence-corrected chi connectivity index (χ4v) is 1.94. The predicted octanol–water partition coefficient (Wildman–Crippen LogP) is 3.37. The predicted molar refractivity (Wildman–Crippen MR) is 80.3 cm³/mol. The fraction of sp³-hybridized carbons (Fsp3) is 0.625. The topological polar surface area (TPSA) is 30.5 Å². The third-order valence-electron chi connectivity index (χ3n) is 3.34. The molecule has 0 aromatic heterocycles. The van der Waals surface area contributed by atoms with Crippen LogP contribution in [-0.2, 0) is 5.41 Å². The Morgan fingerprint density at radius 1 is 1.26 bits per heavy atom. The van der Waals surface area contributed by atoms with Crippen LogP contribution in [0.3, 0.4) is 0 Å². The lowest BCUT2D eigenvalue weighted by Crippen LogP contribution is -2.31. The van der Waals surface area contributed by atoms with Crippen LogP contribution in [0.5, 0.6) is 11.5 Å². The number of nitrogens with one attached hydrogen (secondary N) is 1. The van der Waals surface area contributed by atoms with Gasteiger partial charge in [-0.3, -0.25) is 0 Å². The molecular weight excluding hydrogens is 238 g/mol. The van der Waals surface area contributed by atoms with Crippen LogP contribution in [0.25, 0.3) is 0 Å². The van der Waals surface area contributed by atoms with Gasteiger partial charge in [-0.15, -0.1) is 0 Å². The van der Waals surface area contributed by atoms with Crippen molar-refractivity contribution in [2.24, 2.45) is 0 Å². The number of hydrogen-bond donors (Lipinski definition) is 1. The third kappa shape index (κ3) is 4.43. The normalized spacial score (nSPS) is 13.2. The van der Waals surface area contributed by atoms with Crippen LogP contribution in [0.2, 0.25) is 0 Å². The van der Waals surface area contributed by atoms with Crippen LogP contribution in [0.4, 0.5) is 0 Å². The first kappa shape index (κ1) is 15.8. The molecular formula is C16H27NO2. The summed E-state index contributed by atoms with van der Waals surface area (Å²) in [5.74, 6) is 1.82. The van der Waals surface area contributed by atoms with Gasteiger partial charge < -0.3 is 14.8 Å². The maximum Gasteiger partial charge on any atom is 0.123 e. The van der Waals surface area contributed by atoms with Gasteiger partial charge in [0.2, 0.25) is 0 Å². The average Bonchev–Trinajstić information content (AvgIpc) is 2.39. The van der Waals surface area contributed by atoms with E-state index in [4.69, 9.17) is 9.47 Å². The van der Waals surface area contributed by atoms with Gasteiger partial charge in [0.15, 0.2) is 0 Å². The van der Waals surface area contributed by atoms with Gasteiger partial charge in [-0.2, -0.15) is 0 Å². The Kier molecular flexibility index (Phi) is 5.67. The molecule has 3 nitrogen and oxygen atoms in total. The van der Waals surface area contributed by atoms with Gasteiger partial charge in [0.1, 0.15) is 18.1 Å². The minimum absolute atomic E-state index is 0.0330. The van der Waals surface area contributed by atoms with Crippen molar-refractivity contribution in [2.45, 2.75) is 45.6 Å². The monoisotopic (exact) mass is 265 g/mol. The molecule has 0 heterocycles. The fourth-order valence-electron chi connectivity index (χ4n) is 1.94. The minimum atomic E-state index is 0.0330. The lowest BCUT2D eigenvalue weighted by molar-refractivity contribution is 0.261. The Hall–Kier alpha value is -1.22. The van der Waals surface area contributed by atoms with Crippen molar-refractivity contribution in [3.05, 3.63) is 23.8 Å². The lowest BCUT2D eigenvalue weighted by atomic mass is 9.86. The average molecular weight is 265 g/mol. The molecule has 19 heavy (non-hydrogen) atoms. The van der Waals surface area contributed by atoms with Gasteiger partial charge in [0.05, 0.1) is 7.11 Å². The molecule has 1 aromatic rings. The number of benzene rings is 1. The third-order valence-corrected chi connectivity index (χ3v) is 3.34. The van der Waals surface area contributed by atoms with Crippen molar-refractivity contribution >= 4 is 0 Å². The summed E-state index contributed by atoms with van der Waals surface area (Å²) in [7, 11) is 3.66. The van der Waals surface area contributed by atoms with Crippen molar-refractivity contribution in [1.29, 1.82) is 0 Å². The van der Waals surface area contributed by atoms with Gasteiger partial charge in [0, 0.05) is 11.6 Å². The first-order chi connectivity index (χ1) is 8.92. The van der Waals surface area contributed by atoms with Crippen LogP contribution in [0.1, 0.15) is 39.7 Å². The summed E-state index contributed by atoms with van der Waals surface area (Å²) in [6.07, 6.45) is 1.05. The summed E-state index contributed by atoms with van der Waals surface area (Å²) < 4.78 is 11.3. The molecule has 1 aromatic carbocycles. The highest BCUT2D eigenvalue weighted by atomic mass is 16.5. The highest BCUT2D eigenvalue weighted by molar-refractivity contribution is 5.44. The van der Waals surface area contributed by atoms with Crippen LogP contribution < -0.4 is 14.8 Å². The second-order valence-corrected chi connectivity index (χ2v) is 5.82. The molecule has 3 heteroatoms. The molecule has 0 spiro atoms. The van der Waals surface area contributed by atoms with Crippen molar-refractivity contribution < 1.29 is 9.47 Å². The van der Waals surface area contributed by atoms with Crippen molar-refractivity contribution in [3.63, 3.8) is 0 Å². The molecule has 1 unspecified atom stereocenters. The minimum Gasteiger partial charge on any atom is -0.497 e. The largest absolute Gasteiger partial charge is 0.497 e. The van der Waals surface area contributed by atoms with E-state index < -0.39 is 0 Å².